The number of nitro groups is 1. The number of nitrogens with one attached hydrogen (secondary N) is 2. The van der Waals surface area contributed by atoms with Gasteiger partial charge in [0.2, 0.25) is 15.9 Å². The monoisotopic (exact) mass is 410 g/mol. The van der Waals surface area contributed by atoms with Crippen LogP contribution < -0.4 is 10.6 Å². The third kappa shape index (κ3) is 4.61. The molecule has 3 rings (SSSR count). The third-order valence-electron chi connectivity index (χ3n) is 5.23. The van der Waals surface area contributed by atoms with Crippen molar-refractivity contribution in [3.63, 3.8) is 0 Å². The number of carbonyl (C=O) groups is 1. The van der Waals surface area contributed by atoms with Gasteiger partial charge in [0, 0.05) is 25.7 Å². The third-order valence-corrected chi connectivity index (χ3v) is 7.13. The van der Waals surface area contributed by atoms with Gasteiger partial charge in [-0.2, -0.15) is 4.31 Å². The van der Waals surface area contributed by atoms with E-state index >= 15 is 0 Å². The molecule has 2 aliphatic heterocycles. The predicted octanol–water partition coefficient (Wildman–Crippen LogP) is 2.24. The Morgan fingerprint density at radius 2 is 1.82 bits per heavy atom. The molecule has 0 unspecified atom stereocenters. The molecule has 0 bridgehead atoms. The number of hydrogen-bond acceptors (Lipinski definition) is 6. The minimum Gasteiger partial charge on any atom is -0.368 e. The number of rotatable bonds is 5. The van der Waals surface area contributed by atoms with E-state index in [2.05, 4.69) is 10.6 Å². The minimum atomic E-state index is -3.79. The van der Waals surface area contributed by atoms with E-state index in [0.717, 1.165) is 44.6 Å². The molecule has 2 heterocycles. The Kier molecular flexibility index (Phi) is 6.50. The molecular weight excluding hydrogens is 384 g/mol. The summed E-state index contributed by atoms with van der Waals surface area (Å²) >= 11 is 0. The van der Waals surface area contributed by atoms with Gasteiger partial charge in [-0.05, 0) is 44.2 Å². The molecule has 0 spiro atoms. The molecule has 2 saturated heterocycles. The van der Waals surface area contributed by atoms with E-state index in [1.54, 1.807) is 0 Å². The summed E-state index contributed by atoms with van der Waals surface area (Å²) in [7, 11) is -3.79. The van der Waals surface area contributed by atoms with Crippen LogP contribution >= 0.6 is 0 Å². The van der Waals surface area contributed by atoms with Crippen LogP contribution in [0.15, 0.2) is 23.1 Å². The number of hydrogen-bond donors (Lipinski definition) is 2. The maximum Gasteiger partial charge on any atom is 0.293 e. The number of sulfonamides is 1. The molecule has 2 fully saturated rings. The fraction of sp³-hybridized carbons (Fsp3) is 0.611. The van der Waals surface area contributed by atoms with Gasteiger partial charge in [-0.1, -0.05) is 12.8 Å². The van der Waals surface area contributed by atoms with Crippen molar-refractivity contribution in [1.29, 1.82) is 0 Å². The molecule has 2 aliphatic rings. The molecule has 1 amide bonds. The van der Waals surface area contributed by atoms with E-state index in [-0.39, 0.29) is 22.2 Å². The van der Waals surface area contributed by atoms with Gasteiger partial charge < -0.3 is 10.6 Å². The number of benzene rings is 1. The van der Waals surface area contributed by atoms with Gasteiger partial charge >= 0.3 is 0 Å². The first-order valence-corrected chi connectivity index (χ1v) is 11.2. The highest BCUT2D eigenvalue weighted by Gasteiger charge is 2.29. The average molecular weight is 410 g/mol. The number of carbonyl (C=O) groups excluding carboxylic acids is 1. The van der Waals surface area contributed by atoms with Gasteiger partial charge in [-0.15, -0.1) is 0 Å². The van der Waals surface area contributed by atoms with Crippen LogP contribution in [0.5, 0.6) is 0 Å². The number of amides is 1. The van der Waals surface area contributed by atoms with Crippen LogP contribution in [0.25, 0.3) is 0 Å². The molecular formula is C18H26N4O5S. The van der Waals surface area contributed by atoms with Crippen LogP contribution in [0, 0.1) is 10.1 Å². The Labute approximate surface area is 164 Å². The lowest BCUT2D eigenvalue weighted by Gasteiger charge is -2.21. The normalized spacial score (nSPS) is 22.0. The fourth-order valence-electron chi connectivity index (χ4n) is 3.64. The lowest BCUT2D eigenvalue weighted by Crippen LogP contribution is -2.38. The lowest BCUT2D eigenvalue weighted by atomic mass is 10.1. The van der Waals surface area contributed by atoms with Gasteiger partial charge in [0.1, 0.15) is 11.7 Å². The van der Waals surface area contributed by atoms with Crippen LogP contribution in [0.3, 0.4) is 0 Å². The summed E-state index contributed by atoms with van der Waals surface area (Å²) in [6, 6.07) is 3.29. The molecule has 28 heavy (non-hydrogen) atoms. The maximum atomic E-state index is 12.9. The zero-order chi connectivity index (χ0) is 20.1. The second-order valence-corrected chi connectivity index (χ2v) is 9.18. The van der Waals surface area contributed by atoms with Crippen molar-refractivity contribution in [2.24, 2.45) is 0 Å². The summed E-state index contributed by atoms with van der Waals surface area (Å²) in [6.45, 7) is 1.45. The molecule has 1 aromatic rings. The predicted molar refractivity (Wildman–Crippen MR) is 105 cm³/mol. The van der Waals surface area contributed by atoms with Crippen LogP contribution in [-0.4, -0.2) is 49.2 Å². The maximum absolute atomic E-state index is 12.9. The Morgan fingerprint density at radius 1 is 1.11 bits per heavy atom. The second-order valence-electron chi connectivity index (χ2n) is 7.24. The van der Waals surface area contributed by atoms with Crippen molar-refractivity contribution in [3.8, 4) is 0 Å². The first-order valence-electron chi connectivity index (χ1n) is 9.72. The summed E-state index contributed by atoms with van der Waals surface area (Å²) in [4.78, 5) is 23.0. The molecule has 0 aliphatic carbocycles. The Hall–Kier alpha value is -2.20. The highest BCUT2D eigenvalue weighted by atomic mass is 32.2. The quantitative estimate of drug-likeness (QED) is 0.567. The summed E-state index contributed by atoms with van der Waals surface area (Å²) < 4.78 is 27.3. The van der Waals surface area contributed by atoms with Crippen molar-refractivity contribution >= 4 is 27.3 Å². The largest absolute Gasteiger partial charge is 0.368 e. The Balaban J connectivity index is 1.88. The van der Waals surface area contributed by atoms with Gasteiger partial charge in [0.05, 0.1) is 9.82 Å². The summed E-state index contributed by atoms with van der Waals surface area (Å²) in [5.74, 6) is -0.201. The molecule has 1 aromatic carbocycles. The summed E-state index contributed by atoms with van der Waals surface area (Å²) in [5, 5.41) is 17.3. The molecule has 154 valence electrons. The molecule has 1 atom stereocenters. The van der Waals surface area contributed by atoms with Crippen LogP contribution in [0.2, 0.25) is 0 Å². The Morgan fingerprint density at radius 3 is 2.50 bits per heavy atom. The first kappa shape index (κ1) is 20.5. The van der Waals surface area contributed by atoms with Crippen molar-refractivity contribution in [2.45, 2.75) is 55.9 Å². The zero-order valence-electron chi connectivity index (χ0n) is 15.7. The highest BCUT2D eigenvalue weighted by Crippen LogP contribution is 2.31. The number of anilines is 1. The van der Waals surface area contributed by atoms with E-state index in [1.807, 2.05) is 0 Å². The minimum absolute atomic E-state index is 0.0861. The molecule has 0 saturated carbocycles. The van der Waals surface area contributed by atoms with Crippen molar-refractivity contribution in [3.05, 3.63) is 28.3 Å². The molecule has 10 heteroatoms. The fourth-order valence-corrected chi connectivity index (χ4v) is 5.18. The zero-order valence-corrected chi connectivity index (χ0v) is 16.5. The molecule has 0 radical (unpaired) electrons. The van der Waals surface area contributed by atoms with Crippen molar-refractivity contribution in [2.75, 3.05) is 25.0 Å². The number of nitrogens with zero attached hydrogens (tertiary/aromatic N) is 2. The average Bonchev–Trinajstić information content (AvgIpc) is 3.06. The van der Waals surface area contributed by atoms with E-state index in [9.17, 15) is 23.3 Å². The standard InChI is InChI=1S/C18H26N4O5S/c23-18-16(7-3-4-10-19-18)20-15-9-8-14(13-17(15)22(24)25)28(26,27)21-11-5-1-2-6-12-21/h8-9,13,16,20H,1-7,10-12H2,(H,19,23)/t16-/m1/s1. The van der Waals surface area contributed by atoms with Gasteiger partial charge in [0.15, 0.2) is 0 Å². The van der Waals surface area contributed by atoms with Crippen molar-refractivity contribution in [1.82, 2.24) is 9.62 Å². The first-order chi connectivity index (χ1) is 13.4. The molecule has 2 N–H and O–H groups in total. The van der Waals surface area contributed by atoms with Gasteiger partial charge in [-0.3, -0.25) is 14.9 Å². The molecule has 9 nitrogen and oxygen atoms in total. The van der Waals surface area contributed by atoms with Crippen LogP contribution in [-0.2, 0) is 14.8 Å². The number of nitro benzene ring substituents is 1. The highest BCUT2D eigenvalue weighted by molar-refractivity contribution is 7.89. The van der Waals surface area contributed by atoms with E-state index in [0.29, 0.717) is 26.1 Å². The van der Waals surface area contributed by atoms with Crippen LogP contribution in [0.1, 0.15) is 44.9 Å². The van der Waals surface area contributed by atoms with E-state index < -0.39 is 21.0 Å². The van der Waals surface area contributed by atoms with Gasteiger partial charge in [0.25, 0.3) is 5.69 Å². The Bertz CT molecular complexity index is 834. The van der Waals surface area contributed by atoms with Gasteiger partial charge in [-0.25, -0.2) is 8.42 Å². The summed E-state index contributed by atoms with van der Waals surface area (Å²) in [5.41, 5.74) is -0.185. The SMILES string of the molecule is O=C1NCCCC[C@H]1Nc1ccc(S(=O)(=O)N2CCCCCC2)cc1[N+](=O)[O-]. The van der Waals surface area contributed by atoms with E-state index in [4.69, 9.17) is 0 Å². The van der Waals surface area contributed by atoms with Crippen molar-refractivity contribution < 1.29 is 18.1 Å². The smallest absolute Gasteiger partial charge is 0.293 e. The van der Waals surface area contributed by atoms with Crippen LogP contribution in [0.4, 0.5) is 11.4 Å². The summed E-state index contributed by atoms with van der Waals surface area (Å²) in [6.07, 6.45) is 5.80. The molecule has 0 aromatic heterocycles. The lowest BCUT2D eigenvalue weighted by molar-refractivity contribution is -0.384. The van der Waals surface area contributed by atoms with E-state index in [1.165, 1.54) is 16.4 Å². The second kappa shape index (κ2) is 8.87. The topological polar surface area (TPSA) is 122 Å².